The zero-order chi connectivity index (χ0) is 15.0. The predicted molar refractivity (Wildman–Crippen MR) is 79.0 cm³/mol. The van der Waals surface area contributed by atoms with Crippen molar-refractivity contribution in [1.29, 1.82) is 0 Å². The number of halogens is 1. The number of nitrogens with one attached hydrogen (secondary N) is 1. The standard InChI is InChI=1S/C15H21FN2O2S/c1-11-8-14(21(19,20)18-6-2-3-7-18)9-12(15(11)16)10-17-13-4-5-13/h8-9,13,17H,2-7,10H2,1H3. The number of nitrogens with zero attached hydrogens (tertiary/aromatic N) is 1. The molecule has 1 aliphatic heterocycles. The Balaban J connectivity index is 1.90. The highest BCUT2D eigenvalue weighted by molar-refractivity contribution is 7.89. The number of rotatable bonds is 5. The van der Waals surface area contributed by atoms with Gasteiger partial charge in [0.25, 0.3) is 0 Å². The van der Waals surface area contributed by atoms with Gasteiger partial charge in [0.2, 0.25) is 10.0 Å². The van der Waals surface area contributed by atoms with Crippen LogP contribution in [-0.4, -0.2) is 31.9 Å². The van der Waals surface area contributed by atoms with Gasteiger partial charge in [-0.3, -0.25) is 0 Å². The average Bonchev–Trinajstić information content (AvgIpc) is 3.10. The molecule has 0 spiro atoms. The molecule has 2 aliphatic rings. The minimum Gasteiger partial charge on any atom is -0.310 e. The average molecular weight is 312 g/mol. The van der Waals surface area contributed by atoms with Gasteiger partial charge in [-0.1, -0.05) is 0 Å². The van der Waals surface area contributed by atoms with Crippen LogP contribution < -0.4 is 5.32 Å². The normalized spacial score (nSPS) is 20.1. The van der Waals surface area contributed by atoms with Gasteiger partial charge in [0.15, 0.2) is 0 Å². The van der Waals surface area contributed by atoms with Crippen molar-refractivity contribution < 1.29 is 12.8 Å². The Morgan fingerprint density at radius 2 is 1.95 bits per heavy atom. The van der Waals surface area contributed by atoms with E-state index in [1.807, 2.05) is 0 Å². The van der Waals surface area contributed by atoms with Crippen molar-refractivity contribution in [3.05, 3.63) is 29.1 Å². The van der Waals surface area contributed by atoms with Crippen molar-refractivity contribution in [2.75, 3.05) is 13.1 Å². The summed E-state index contributed by atoms with van der Waals surface area (Å²) in [6, 6.07) is 3.40. The van der Waals surface area contributed by atoms with Gasteiger partial charge >= 0.3 is 0 Å². The summed E-state index contributed by atoms with van der Waals surface area (Å²) in [5, 5.41) is 3.24. The predicted octanol–water partition coefficient (Wildman–Crippen LogP) is 2.17. The maximum atomic E-state index is 14.2. The van der Waals surface area contributed by atoms with Gasteiger partial charge in [-0.15, -0.1) is 0 Å². The van der Waals surface area contributed by atoms with E-state index in [0.29, 0.717) is 36.8 Å². The van der Waals surface area contributed by atoms with Gasteiger partial charge in [0.05, 0.1) is 4.90 Å². The fourth-order valence-electron chi connectivity index (χ4n) is 2.70. The molecule has 2 fully saturated rings. The van der Waals surface area contributed by atoms with Crippen molar-refractivity contribution in [2.24, 2.45) is 0 Å². The van der Waals surface area contributed by atoms with E-state index in [9.17, 15) is 12.8 Å². The van der Waals surface area contributed by atoms with Gasteiger partial charge < -0.3 is 5.32 Å². The summed E-state index contributed by atoms with van der Waals surface area (Å²) < 4.78 is 40.8. The van der Waals surface area contributed by atoms with Crippen LogP contribution in [0.15, 0.2) is 17.0 Å². The van der Waals surface area contributed by atoms with Crippen LogP contribution >= 0.6 is 0 Å². The molecule has 21 heavy (non-hydrogen) atoms. The van der Waals surface area contributed by atoms with E-state index < -0.39 is 10.0 Å². The van der Waals surface area contributed by atoms with Crippen molar-refractivity contribution in [1.82, 2.24) is 9.62 Å². The van der Waals surface area contributed by atoms with Crippen LogP contribution in [0.3, 0.4) is 0 Å². The SMILES string of the molecule is Cc1cc(S(=O)(=O)N2CCCC2)cc(CNC2CC2)c1F. The molecule has 6 heteroatoms. The van der Waals surface area contributed by atoms with Crippen molar-refractivity contribution >= 4 is 10.0 Å². The molecular formula is C15H21FN2O2S. The largest absolute Gasteiger partial charge is 0.310 e. The molecule has 0 bridgehead atoms. The Bertz CT molecular complexity index is 635. The highest BCUT2D eigenvalue weighted by Crippen LogP contribution is 2.26. The first kappa shape index (κ1) is 14.9. The summed E-state index contributed by atoms with van der Waals surface area (Å²) in [4.78, 5) is 0.218. The Labute approximate surface area is 125 Å². The molecule has 1 heterocycles. The van der Waals surface area contributed by atoms with Crippen LogP contribution in [0, 0.1) is 12.7 Å². The lowest BCUT2D eigenvalue weighted by Crippen LogP contribution is -2.28. The van der Waals surface area contributed by atoms with E-state index in [4.69, 9.17) is 0 Å². The first-order chi connectivity index (χ1) is 9.98. The summed E-state index contributed by atoms with van der Waals surface area (Å²) in [7, 11) is -3.48. The first-order valence-electron chi connectivity index (χ1n) is 7.51. The minimum absolute atomic E-state index is 0.218. The third-order valence-corrected chi connectivity index (χ3v) is 6.04. The lowest BCUT2D eigenvalue weighted by Gasteiger charge is -2.17. The molecular weight excluding hydrogens is 291 g/mol. The van der Waals surface area contributed by atoms with Crippen LogP contribution in [0.1, 0.15) is 36.8 Å². The van der Waals surface area contributed by atoms with Gasteiger partial charge in [0.1, 0.15) is 5.82 Å². The lowest BCUT2D eigenvalue weighted by molar-refractivity contribution is 0.476. The Morgan fingerprint density at radius 1 is 1.29 bits per heavy atom. The molecule has 116 valence electrons. The quantitative estimate of drug-likeness (QED) is 0.906. The van der Waals surface area contributed by atoms with Gasteiger partial charge in [-0.25, -0.2) is 12.8 Å². The van der Waals surface area contributed by atoms with Crippen LogP contribution in [0.25, 0.3) is 0 Å². The van der Waals surface area contributed by atoms with E-state index in [1.165, 1.54) is 16.4 Å². The fourth-order valence-corrected chi connectivity index (χ4v) is 4.36. The van der Waals surface area contributed by atoms with Gasteiger partial charge in [0, 0.05) is 31.2 Å². The van der Waals surface area contributed by atoms with Crippen LogP contribution in [0.4, 0.5) is 4.39 Å². The molecule has 1 aromatic rings. The number of hydrogen-bond acceptors (Lipinski definition) is 3. The second-order valence-corrected chi connectivity index (χ2v) is 7.92. The molecule has 0 radical (unpaired) electrons. The number of hydrogen-bond donors (Lipinski definition) is 1. The first-order valence-corrected chi connectivity index (χ1v) is 8.95. The van der Waals surface area contributed by atoms with E-state index in [0.717, 1.165) is 25.7 Å². The Morgan fingerprint density at radius 3 is 2.57 bits per heavy atom. The molecule has 0 aromatic heterocycles. The molecule has 3 rings (SSSR count). The van der Waals surface area contributed by atoms with Crippen LogP contribution in [0.2, 0.25) is 0 Å². The molecule has 1 N–H and O–H groups in total. The second kappa shape index (κ2) is 5.66. The summed E-state index contributed by atoms with van der Waals surface area (Å²) in [5.74, 6) is -0.302. The third-order valence-electron chi connectivity index (χ3n) is 4.16. The topological polar surface area (TPSA) is 49.4 Å². The number of benzene rings is 1. The van der Waals surface area contributed by atoms with Crippen LogP contribution in [0.5, 0.6) is 0 Å². The minimum atomic E-state index is -3.48. The molecule has 0 unspecified atom stereocenters. The molecule has 4 nitrogen and oxygen atoms in total. The Kier molecular flexibility index (Phi) is 4.03. The zero-order valence-corrected chi connectivity index (χ0v) is 13.0. The van der Waals surface area contributed by atoms with Gasteiger partial charge in [-0.05, 0) is 50.3 Å². The van der Waals surface area contributed by atoms with E-state index in [2.05, 4.69) is 5.32 Å². The highest BCUT2D eigenvalue weighted by atomic mass is 32.2. The van der Waals surface area contributed by atoms with E-state index in [-0.39, 0.29) is 10.7 Å². The van der Waals surface area contributed by atoms with Crippen molar-refractivity contribution in [2.45, 2.75) is 50.1 Å². The Hall–Kier alpha value is -0.980. The molecule has 1 aliphatic carbocycles. The molecule has 1 aromatic carbocycles. The molecule has 1 saturated carbocycles. The van der Waals surface area contributed by atoms with Gasteiger partial charge in [-0.2, -0.15) is 4.31 Å². The fraction of sp³-hybridized carbons (Fsp3) is 0.600. The molecule has 0 atom stereocenters. The second-order valence-electron chi connectivity index (χ2n) is 5.98. The lowest BCUT2D eigenvalue weighted by atomic mass is 10.1. The van der Waals surface area contributed by atoms with Crippen molar-refractivity contribution in [3.8, 4) is 0 Å². The zero-order valence-electron chi connectivity index (χ0n) is 12.2. The monoisotopic (exact) mass is 312 g/mol. The van der Waals surface area contributed by atoms with Crippen molar-refractivity contribution in [3.63, 3.8) is 0 Å². The summed E-state index contributed by atoms with van der Waals surface area (Å²) in [6.07, 6.45) is 4.03. The highest BCUT2D eigenvalue weighted by Gasteiger charge is 2.28. The van der Waals surface area contributed by atoms with E-state index in [1.54, 1.807) is 6.92 Å². The smallest absolute Gasteiger partial charge is 0.243 e. The number of sulfonamides is 1. The summed E-state index contributed by atoms with van der Waals surface area (Å²) in [6.45, 7) is 3.14. The maximum absolute atomic E-state index is 14.2. The van der Waals surface area contributed by atoms with E-state index >= 15 is 0 Å². The number of aryl methyl sites for hydroxylation is 1. The summed E-state index contributed by atoms with van der Waals surface area (Å²) >= 11 is 0. The summed E-state index contributed by atoms with van der Waals surface area (Å²) in [5.41, 5.74) is 0.836. The van der Waals surface area contributed by atoms with Crippen LogP contribution in [-0.2, 0) is 16.6 Å². The maximum Gasteiger partial charge on any atom is 0.243 e. The molecule has 1 saturated heterocycles. The molecule has 0 amide bonds. The third kappa shape index (κ3) is 3.12.